The highest BCUT2D eigenvalue weighted by atomic mass is 32.2. The van der Waals surface area contributed by atoms with E-state index >= 15 is 0 Å². The average Bonchev–Trinajstić information content (AvgIpc) is 2.83. The molecule has 1 aliphatic rings. The highest BCUT2D eigenvalue weighted by Crippen LogP contribution is 2.22. The molecule has 2 aromatic carbocycles. The molecule has 184 valence electrons. The van der Waals surface area contributed by atoms with E-state index in [0.29, 0.717) is 49.6 Å². The normalized spacial score (nSPS) is 14.1. The van der Waals surface area contributed by atoms with Crippen LogP contribution in [-0.2, 0) is 21.2 Å². The zero-order valence-corrected chi connectivity index (χ0v) is 20.9. The number of piperazine rings is 1. The summed E-state index contributed by atoms with van der Waals surface area (Å²) in [7, 11) is -3.86. The molecule has 3 rings (SSSR count). The van der Waals surface area contributed by atoms with Crippen LogP contribution in [0.5, 0.6) is 0 Å². The van der Waals surface area contributed by atoms with E-state index in [9.17, 15) is 18.0 Å². The van der Waals surface area contributed by atoms with Crippen molar-refractivity contribution in [3.05, 3.63) is 59.2 Å². The number of nitrogens with zero attached hydrogens (tertiary/aromatic N) is 2. The molecule has 1 fully saturated rings. The number of anilines is 1. The van der Waals surface area contributed by atoms with E-state index in [2.05, 4.69) is 11.6 Å². The monoisotopic (exact) mass is 487 g/mol. The molecule has 0 unspecified atom stereocenters. The number of amides is 2. The fourth-order valence-corrected chi connectivity index (χ4v) is 4.89. The van der Waals surface area contributed by atoms with Gasteiger partial charge in [-0.05, 0) is 62.1 Å². The first-order chi connectivity index (χ1) is 16.2. The third kappa shape index (κ3) is 6.28. The van der Waals surface area contributed by atoms with Crippen LogP contribution in [0.2, 0.25) is 0 Å². The minimum atomic E-state index is -3.86. The lowest BCUT2D eigenvalue weighted by Crippen LogP contribution is -2.50. The third-order valence-electron chi connectivity index (χ3n) is 5.87. The molecule has 0 radical (unpaired) electrons. The lowest BCUT2D eigenvalue weighted by molar-refractivity contribution is 0.0569. The van der Waals surface area contributed by atoms with E-state index in [4.69, 9.17) is 4.74 Å². The zero-order chi connectivity index (χ0) is 24.7. The molecule has 8 nitrogen and oxygen atoms in total. The van der Waals surface area contributed by atoms with Crippen LogP contribution in [-0.4, -0.2) is 63.0 Å². The summed E-state index contributed by atoms with van der Waals surface area (Å²) in [6, 6.07) is 11.9. The summed E-state index contributed by atoms with van der Waals surface area (Å²) in [4.78, 5) is 28.3. The Bertz CT molecular complexity index is 1110. The Balaban J connectivity index is 1.71. The highest BCUT2D eigenvalue weighted by Gasteiger charge is 2.27. The van der Waals surface area contributed by atoms with Crippen LogP contribution in [0.1, 0.15) is 48.2 Å². The number of nitrogens with one attached hydrogen (secondary N) is 1. The quantitative estimate of drug-likeness (QED) is 0.606. The predicted molar refractivity (Wildman–Crippen MR) is 132 cm³/mol. The number of unbranched alkanes of at least 4 members (excludes halogenated alkanes) is 1. The molecule has 0 aromatic heterocycles. The van der Waals surface area contributed by atoms with Gasteiger partial charge in [0, 0.05) is 37.4 Å². The van der Waals surface area contributed by atoms with Gasteiger partial charge in [0.2, 0.25) is 0 Å². The summed E-state index contributed by atoms with van der Waals surface area (Å²) < 4.78 is 33.6. The van der Waals surface area contributed by atoms with E-state index in [-0.39, 0.29) is 16.9 Å². The second-order valence-electron chi connectivity index (χ2n) is 8.36. The third-order valence-corrected chi connectivity index (χ3v) is 7.25. The van der Waals surface area contributed by atoms with Crippen LogP contribution in [0.15, 0.2) is 47.4 Å². The van der Waals surface area contributed by atoms with Crippen molar-refractivity contribution in [1.29, 1.82) is 0 Å². The first-order valence-corrected chi connectivity index (χ1v) is 13.2. The number of sulfonamides is 1. The summed E-state index contributed by atoms with van der Waals surface area (Å²) in [6.45, 7) is 7.42. The van der Waals surface area contributed by atoms with Gasteiger partial charge in [0.05, 0.1) is 11.5 Å². The minimum absolute atomic E-state index is 0.0293. The molecule has 1 N–H and O–H groups in total. The Hall–Kier alpha value is -3.07. The first-order valence-electron chi connectivity index (χ1n) is 11.7. The largest absolute Gasteiger partial charge is 0.450 e. The highest BCUT2D eigenvalue weighted by molar-refractivity contribution is 7.92. The molecule has 0 atom stereocenters. The number of ether oxygens (including phenoxy) is 1. The SMILES string of the molecule is CCCCc1ccc(NS(=O)(=O)c2ccc(C)c(C(=O)N3CCN(C(=O)OCC)CC3)c2)cc1. The topological polar surface area (TPSA) is 96.0 Å². The molecule has 1 heterocycles. The number of carbonyl (C=O) groups excluding carboxylic acids is 2. The number of benzene rings is 2. The van der Waals surface area contributed by atoms with Gasteiger partial charge < -0.3 is 14.5 Å². The van der Waals surface area contributed by atoms with Gasteiger partial charge in [-0.2, -0.15) is 0 Å². The summed E-state index contributed by atoms with van der Waals surface area (Å²) in [5.74, 6) is -0.252. The molecule has 2 aromatic rings. The Morgan fingerprint density at radius 2 is 1.62 bits per heavy atom. The summed E-state index contributed by atoms with van der Waals surface area (Å²) >= 11 is 0. The van der Waals surface area contributed by atoms with Crippen LogP contribution < -0.4 is 4.72 Å². The van der Waals surface area contributed by atoms with E-state index in [1.165, 1.54) is 12.1 Å². The van der Waals surface area contributed by atoms with Crippen LogP contribution in [0.25, 0.3) is 0 Å². The Kier molecular flexibility index (Phi) is 8.55. The average molecular weight is 488 g/mol. The number of carbonyl (C=O) groups is 2. The van der Waals surface area contributed by atoms with Gasteiger partial charge >= 0.3 is 6.09 Å². The number of aryl methyl sites for hydroxylation is 2. The second kappa shape index (κ2) is 11.4. The van der Waals surface area contributed by atoms with E-state index in [1.807, 2.05) is 12.1 Å². The molecule has 34 heavy (non-hydrogen) atoms. The molecular weight excluding hydrogens is 454 g/mol. The first kappa shape index (κ1) is 25.6. The summed E-state index contributed by atoms with van der Waals surface area (Å²) in [5.41, 5.74) is 2.67. The van der Waals surface area contributed by atoms with Crippen molar-refractivity contribution in [2.45, 2.75) is 44.9 Å². The maximum atomic E-state index is 13.2. The number of hydrogen-bond acceptors (Lipinski definition) is 5. The maximum Gasteiger partial charge on any atom is 0.409 e. The van der Waals surface area contributed by atoms with Crippen molar-refractivity contribution < 1.29 is 22.7 Å². The van der Waals surface area contributed by atoms with Gasteiger partial charge in [-0.1, -0.05) is 31.5 Å². The van der Waals surface area contributed by atoms with Gasteiger partial charge in [0.15, 0.2) is 0 Å². The van der Waals surface area contributed by atoms with E-state index in [0.717, 1.165) is 24.8 Å². The molecule has 1 saturated heterocycles. The fourth-order valence-electron chi connectivity index (χ4n) is 3.81. The van der Waals surface area contributed by atoms with Gasteiger partial charge in [-0.3, -0.25) is 9.52 Å². The van der Waals surface area contributed by atoms with Gasteiger partial charge in [0.25, 0.3) is 15.9 Å². The predicted octanol–water partition coefficient (Wildman–Crippen LogP) is 4.05. The molecule has 0 spiro atoms. The molecule has 1 aliphatic heterocycles. The van der Waals surface area contributed by atoms with Crippen molar-refractivity contribution in [2.75, 3.05) is 37.5 Å². The van der Waals surface area contributed by atoms with E-state index < -0.39 is 10.0 Å². The molecule has 0 saturated carbocycles. The molecule has 0 aliphatic carbocycles. The molecule has 0 bridgehead atoms. The minimum Gasteiger partial charge on any atom is -0.450 e. The Labute approximate surface area is 201 Å². The van der Waals surface area contributed by atoms with Crippen LogP contribution >= 0.6 is 0 Å². The summed E-state index contributed by atoms with van der Waals surface area (Å²) in [6.07, 6.45) is 2.76. The smallest absolute Gasteiger partial charge is 0.409 e. The van der Waals surface area contributed by atoms with E-state index in [1.54, 1.807) is 41.8 Å². The number of rotatable bonds is 8. The second-order valence-corrected chi connectivity index (χ2v) is 10.0. The van der Waals surface area contributed by atoms with Crippen molar-refractivity contribution in [3.63, 3.8) is 0 Å². The van der Waals surface area contributed by atoms with Crippen LogP contribution in [0, 0.1) is 6.92 Å². The lowest BCUT2D eigenvalue weighted by atomic mass is 10.1. The van der Waals surface area contributed by atoms with Crippen molar-refractivity contribution in [3.8, 4) is 0 Å². The number of hydrogen-bond donors (Lipinski definition) is 1. The van der Waals surface area contributed by atoms with Crippen LogP contribution in [0.4, 0.5) is 10.5 Å². The van der Waals surface area contributed by atoms with Crippen molar-refractivity contribution in [1.82, 2.24) is 9.80 Å². The van der Waals surface area contributed by atoms with Crippen LogP contribution in [0.3, 0.4) is 0 Å². The lowest BCUT2D eigenvalue weighted by Gasteiger charge is -2.34. The molecule has 9 heteroatoms. The maximum absolute atomic E-state index is 13.2. The van der Waals surface area contributed by atoms with Crippen molar-refractivity contribution >= 4 is 27.7 Å². The molecule has 2 amide bonds. The fraction of sp³-hybridized carbons (Fsp3) is 0.440. The Morgan fingerprint density at radius 1 is 0.971 bits per heavy atom. The van der Waals surface area contributed by atoms with Crippen molar-refractivity contribution in [2.24, 2.45) is 0 Å². The van der Waals surface area contributed by atoms with Gasteiger partial charge in [-0.25, -0.2) is 13.2 Å². The standard InChI is InChI=1S/C25H33N3O5S/c1-4-6-7-20-9-11-21(12-10-20)26-34(31,32)22-13-8-19(3)23(18-22)24(29)27-14-16-28(17-15-27)25(30)33-5-2/h8-13,18,26H,4-7,14-17H2,1-3H3. The zero-order valence-electron chi connectivity index (χ0n) is 20.0. The van der Waals surface area contributed by atoms with Gasteiger partial charge in [0.1, 0.15) is 0 Å². The Morgan fingerprint density at radius 3 is 2.24 bits per heavy atom. The molecular formula is C25H33N3O5S. The summed E-state index contributed by atoms with van der Waals surface area (Å²) in [5, 5.41) is 0. The van der Waals surface area contributed by atoms with Gasteiger partial charge in [-0.15, -0.1) is 0 Å².